The second-order valence-electron chi connectivity index (χ2n) is 5.54. The van der Waals surface area contributed by atoms with Crippen molar-refractivity contribution in [2.75, 3.05) is 11.9 Å². The molecule has 2 aromatic carbocycles. The van der Waals surface area contributed by atoms with E-state index in [1.54, 1.807) is 0 Å². The van der Waals surface area contributed by atoms with Gasteiger partial charge in [-0.25, -0.2) is 4.99 Å². The number of para-hydroxylation sites is 1. The van der Waals surface area contributed by atoms with E-state index in [4.69, 9.17) is 10.5 Å². The number of rotatable bonds is 6. The SMILES string of the molecule is CC(C)COc1cccc(CN=C(N)Nc2ccccc2)c1. The molecule has 0 aliphatic rings. The first-order valence-corrected chi connectivity index (χ1v) is 7.47. The second-order valence-corrected chi connectivity index (χ2v) is 5.54. The second kappa shape index (κ2) is 8.08. The number of hydrogen-bond donors (Lipinski definition) is 2. The summed E-state index contributed by atoms with van der Waals surface area (Å²) in [6, 6.07) is 17.7. The van der Waals surface area contributed by atoms with Crippen LogP contribution in [0.5, 0.6) is 5.75 Å². The molecule has 0 atom stereocenters. The van der Waals surface area contributed by atoms with Crippen molar-refractivity contribution < 1.29 is 4.74 Å². The predicted octanol–water partition coefficient (Wildman–Crippen LogP) is 3.65. The van der Waals surface area contributed by atoms with Crippen LogP contribution >= 0.6 is 0 Å². The molecule has 0 saturated carbocycles. The highest BCUT2D eigenvalue weighted by atomic mass is 16.5. The quantitative estimate of drug-likeness (QED) is 0.632. The summed E-state index contributed by atoms with van der Waals surface area (Å²) < 4.78 is 5.72. The standard InChI is InChI=1S/C18H23N3O/c1-14(2)13-22-17-10-6-7-15(11-17)12-20-18(19)21-16-8-4-3-5-9-16/h3-11,14H,12-13H2,1-2H3,(H3,19,20,21). The molecule has 4 nitrogen and oxygen atoms in total. The first kappa shape index (κ1) is 15.9. The van der Waals surface area contributed by atoms with E-state index in [1.807, 2.05) is 54.6 Å². The Morgan fingerprint density at radius 1 is 1.14 bits per heavy atom. The van der Waals surface area contributed by atoms with Crippen molar-refractivity contribution in [1.82, 2.24) is 0 Å². The molecular formula is C18H23N3O. The molecule has 0 unspecified atom stereocenters. The van der Waals surface area contributed by atoms with Gasteiger partial charge in [-0.05, 0) is 35.7 Å². The summed E-state index contributed by atoms with van der Waals surface area (Å²) >= 11 is 0. The zero-order valence-electron chi connectivity index (χ0n) is 13.1. The highest BCUT2D eigenvalue weighted by Crippen LogP contribution is 2.15. The summed E-state index contributed by atoms with van der Waals surface area (Å²) in [5, 5.41) is 3.06. The Balaban J connectivity index is 1.92. The molecule has 22 heavy (non-hydrogen) atoms. The lowest BCUT2D eigenvalue weighted by molar-refractivity contribution is 0.271. The largest absolute Gasteiger partial charge is 0.493 e. The maximum Gasteiger partial charge on any atom is 0.193 e. The molecule has 3 N–H and O–H groups in total. The number of aliphatic imine (C=N–C) groups is 1. The highest BCUT2D eigenvalue weighted by Gasteiger charge is 2.00. The van der Waals surface area contributed by atoms with Crippen LogP contribution in [0.4, 0.5) is 5.69 Å². The van der Waals surface area contributed by atoms with E-state index >= 15 is 0 Å². The van der Waals surface area contributed by atoms with Crippen molar-refractivity contribution in [2.24, 2.45) is 16.6 Å². The van der Waals surface area contributed by atoms with Crippen LogP contribution in [0.3, 0.4) is 0 Å². The number of benzene rings is 2. The fourth-order valence-corrected chi connectivity index (χ4v) is 1.88. The van der Waals surface area contributed by atoms with Crippen LogP contribution in [-0.4, -0.2) is 12.6 Å². The summed E-state index contributed by atoms with van der Waals surface area (Å²) in [7, 11) is 0. The number of nitrogens with two attached hydrogens (primary N) is 1. The molecule has 0 aliphatic heterocycles. The molecule has 0 spiro atoms. The van der Waals surface area contributed by atoms with Gasteiger partial charge in [-0.15, -0.1) is 0 Å². The summed E-state index contributed by atoms with van der Waals surface area (Å²) in [4.78, 5) is 4.35. The van der Waals surface area contributed by atoms with Crippen LogP contribution in [0, 0.1) is 5.92 Å². The van der Waals surface area contributed by atoms with E-state index in [-0.39, 0.29) is 0 Å². The van der Waals surface area contributed by atoms with Crippen molar-refractivity contribution in [3.05, 3.63) is 60.2 Å². The molecule has 0 radical (unpaired) electrons. The Morgan fingerprint density at radius 2 is 1.91 bits per heavy atom. The van der Waals surface area contributed by atoms with E-state index in [0.29, 0.717) is 25.0 Å². The molecule has 0 aliphatic carbocycles. The molecule has 2 rings (SSSR count). The predicted molar refractivity (Wildman–Crippen MR) is 92.2 cm³/mol. The Labute approximate surface area is 132 Å². The molecule has 0 bridgehead atoms. The third-order valence-corrected chi connectivity index (χ3v) is 2.96. The highest BCUT2D eigenvalue weighted by molar-refractivity contribution is 5.92. The summed E-state index contributed by atoms with van der Waals surface area (Å²) in [6.07, 6.45) is 0. The Bertz CT molecular complexity index is 609. The minimum absolute atomic E-state index is 0.403. The van der Waals surface area contributed by atoms with Gasteiger partial charge in [0.05, 0.1) is 13.2 Å². The summed E-state index contributed by atoms with van der Waals surface area (Å²) in [5.41, 5.74) is 7.89. The van der Waals surface area contributed by atoms with E-state index in [0.717, 1.165) is 17.0 Å². The van der Waals surface area contributed by atoms with Crippen molar-refractivity contribution in [2.45, 2.75) is 20.4 Å². The van der Waals surface area contributed by atoms with E-state index in [2.05, 4.69) is 24.2 Å². The minimum atomic E-state index is 0.403. The zero-order valence-corrected chi connectivity index (χ0v) is 13.1. The third kappa shape index (κ3) is 5.48. The van der Waals surface area contributed by atoms with Crippen LogP contribution in [0.25, 0.3) is 0 Å². The monoisotopic (exact) mass is 297 g/mol. The number of anilines is 1. The minimum Gasteiger partial charge on any atom is -0.493 e. The summed E-state index contributed by atoms with van der Waals surface area (Å²) in [5.74, 6) is 1.78. The van der Waals surface area contributed by atoms with E-state index in [1.165, 1.54) is 0 Å². The number of ether oxygens (including phenoxy) is 1. The van der Waals surface area contributed by atoms with Crippen molar-refractivity contribution in [3.63, 3.8) is 0 Å². The third-order valence-electron chi connectivity index (χ3n) is 2.96. The Morgan fingerprint density at radius 3 is 2.64 bits per heavy atom. The first-order valence-electron chi connectivity index (χ1n) is 7.47. The van der Waals surface area contributed by atoms with Crippen molar-refractivity contribution >= 4 is 11.6 Å². The molecular weight excluding hydrogens is 274 g/mol. The Hall–Kier alpha value is -2.49. The average Bonchev–Trinajstić information content (AvgIpc) is 2.52. The zero-order chi connectivity index (χ0) is 15.8. The number of nitrogens with zero attached hydrogens (tertiary/aromatic N) is 1. The van der Waals surface area contributed by atoms with Gasteiger partial charge in [0.15, 0.2) is 5.96 Å². The van der Waals surface area contributed by atoms with Gasteiger partial charge in [-0.3, -0.25) is 0 Å². The molecule has 0 aromatic heterocycles. The maximum absolute atomic E-state index is 5.90. The lowest BCUT2D eigenvalue weighted by Crippen LogP contribution is -2.22. The lowest BCUT2D eigenvalue weighted by Gasteiger charge is -2.09. The normalized spacial score (nSPS) is 11.5. The van der Waals surface area contributed by atoms with Crippen molar-refractivity contribution in [3.8, 4) is 5.75 Å². The van der Waals surface area contributed by atoms with Crippen LogP contribution in [-0.2, 0) is 6.54 Å². The molecule has 4 heteroatoms. The van der Waals surface area contributed by atoms with Crippen LogP contribution in [0.15, 0.2) is 59.6 Å². The van der Waals surface area contributed by atoms with Gasteiger partial charge >= 0.3 is 0 Å². The van der Waals surface area contributed by atoms with Gasteiger partial charge in [0.25, 0.3) is 0 Å². The van der Waals surface area contributed by atoms with Gasteiger partial charge in [0.2, 0.25) is 0 Å². The lowest BCUT2D eigenvalue weighted by atomic mass is 10.2. The number of nitrogens with one attached hydrogen (secondary N) is 1. The van der Waals surface area contributed by atoms with E-state index in [9.17, 15) is 0 Å². The van der Waals surface area contributed by atoms with Crippen LogP contribution < -0.4 is 15.8 Å². The average molecular weight is 297 g/mol. The van der Waals surface area contributed by atoms with Gasteiger partial charge in [-0.1, -0.05) is 44.2 Å². The Kier molecular flexibility index (Phi) is 5.83. The van der Waals surface area contributed by atoms with Crippen LogP contribution in [0.2, 0.25) is 0 Å². The van der Waals surface area contributed by atoms with E-state index < -0.39 is 0 Å². The van der Waals surface area contributed by atoms with Crippen molar-refractivity contribution in [1.29, 1.82) is 0 Å². The maximum atomic E-state index is 5.90. The fraction of sp³-hybridized carbons (Fsp3) is 0.278. The van der Waals surface area contributed by atoms with Gasteiger partial charge in [0.1, 0.15) is 5.75 Å². The molecule has 0 fully saturated rings. The fourth-order valence-electron chi connectivity index (χ4n) is 1.88. The first-order chi connectivity index (χ1) is 10.6. The molecule has 0 heterocycles. The molecule has 0 saturated heterocycles. The molecule has 116 valence electrons. The smallest absolute Gasteiger partial charge is 0.193 e. The number of hydrogen-bond acceptors (Lipinski definition) is 2. The topological polar surface area (TPSA) is 59.6 Å². The number of guanidine groups is 1. The van der Waals surface area contributed by atoms with Crippen LogP contribution in [0.1, 0.15) is 19.4 Å². The summed E-state index contributed by atoms with van der Waals surface area (Å²) in [6.45, 7) is 5.49. The molecule has 2 aromatic rings. The van der Waals surface area contributed by atoms with Gasteiger partial charge < -0.3 is 15.8 Å². The molecule has 0 amide bonds. The van der Waals surface area contributed by atoms with Gasteiger partial charge in [-0.2, -0.15) is 0 Å². The van der Waals surface area contributed by atoms with Gasteiger partial charge in [0, 0.05) is 5.69 Å².